The predicted octanol–water partition coefficient (Wildman–Crippen LogP) is 1.94. The number of hydrogen-bond acceptors (Lipinski definition) is 2. The van der Waals surface area contributed by atoms with Gasteiger partial charge in [0.05, 0.1) is 0 Å². The highest BCUT2D eigenvalue weighted by molar-refractivity contribution is 6.31. The highest BCUT2D eigenvalue weighted by atomic mass is 35.5. The molecule has 0 aliphatic heterocycles. The minimum atomic E-state index is -0.0486. The molecule has 0 heterocycles. The van der Waals surface area contributed by atoms with Crippen molar-refractivity contribution in [2.24, 2.45) is 11.7 Å². The summed E-state index contributed by atoms with van der Waals surface area (Å²) in [5.41, 5.74) is 6.33. The normalized spacial score (nSPS) is 12.2. The second-order valence-electron chi connectivity index (χ2n) is 3.79. The van der Waals surface area contributed by atoms with Crippen LogP contribution in [0.15, 0.2) is 24.3 Å². The smallest absolute Gasteiger partial charge is 0.223 e. The molecule has 16 heavy (non-hydrogen) atoms. The van der Waals surface area contributed by atoms with Crippen molar-refractivity contribution in [3.8, 4) is 0 Å². The van der Waals surface area contributed by atoms with Gasteiger partial charge in [-0.2, -0.15) is 0 Å². The molecule has 3 N–H and O–H groups in total. The van der Waals surface area contributed by atoms with E-state index in [-0.39, 0.29) is 11.8 Å². The van der Waals surface area contributed by atoms with Crippen LogP contribution in [0.5, 0.6) is 0 Å². The maximum Gasteiger partial charge on any atom is 0.223 e. The van der Waals surface area contributed by atoms with E-state index in [1.165, 1.54) is 0 Å². The molecule has 0 aromatic heterocycles. The molecule has 0 aliphatic rings. The van der Waals surface area contributed by atoms with Crippen molar-refractivity contribution >= 4 is 17.5 Å². The number of amides is 1. The lowest BCUT2D eigenvalue weighted by molar-refractivity contribution is -0.124. The van der Waals surface area contributed by atoms with E-state index >= 15 is 0 Å². The molecule has 1 unspecified atom stereocenters. The first kappa shape index (κ1) is 13.0. The second-order valence-corrected chi connectivity index (χ2v) is 4.19. The van der Waals surface area contributed by atoms with Crippen LogP contribution in [0.1, 0.15) is 18.9 Å². The van der Waals surface area contributed by atoms with Crippen molar-refractivity contribution in [1.82, 2.24) is 5.32 Å². The van der Waals surface area contributed by atoms with E-state index in [0.717, 1.165) is 5.56 Å². The average Bonchev–Trinajstić information content (AvgIpc) is 2.28. The zero-order valence-corrected chi connectivity index (χ0v) is 10.1. The zero-order chi connectivity index (χ0) is 12.0. The van der Waals surface area contributed by atoms with Gasteiger partial charge in [0.15, 0.2) is 0 Å². The maximum atomic E-state index is 11.6. The molecule has 1 rings (SSSR count). The first-order valence-corrected chi connectivity index (χ1v) is 5.74. The van der Waals surface area contributed by atoms with Gasteiger partial charge < -0.3 is 11.1 Å². The molecule has 0 bridgehead atoms. The van der Waals surface area contributed by atoms with Crippen LogP contribution in [-0.2, 0) is 11.3 Å². The molecule has 3 nitrogen and oxygen atoms in total. The van der Waals surface area contributed by atoms with E-state index in [0.29, 0.717) is 24.5 Å². The monoisotopic (exact) mass is 240 g/mol. The summed E-state index contributed by atoms with van der Waals surface area (Å²) in [6.45, 7) is 2.86. The predicted molar refractivity (Wildman–Crippen MR) is 66.1 cm³/mol. The molecule has 0 aliphatic carbocycles. The first-order valence-electron chi connectivity index (χ1n) is 5.36. The molecule has 88 valence electrons. The van der Waals surface area contributed by atoms with Crippen LogP contribution in [0.4, 0.5) is 0 Å². The van der Waals surface area contributed by atoms with Crippen LogP contribution in [0.25, 0.3) is 0 Å². The van der Waals surface area contributed by atoms with Crippen molar-refractivity contribution in [2.45, 2.75) is 19.9 Å². The SMILES string of the molecule is CC(CCN)C(=O)NCc1ccccc1Cl. The molecule has 0 saturated carbocycles. The standard InChI is InChI=1S/C12H17ClN2O/c1-9(6-7-14)12(16)15-8-10-4-2-3-5-11(10)13/h2-5,9H,6-8,14H2,1H3,(H,15,16). The zero-order valence-electron chi connectivity index (χ0n) is 9.37. The second kappa shape index (κ2) is 6.51. The Morgan fingerprint density at radius 1 is 1.50 bits per heavy atom. The van der Waals surface area contributed by atoms with Gasteiger partial charge in [0.25, 0.3) is 0 Å². The van der Waals surface area contributed by atoms with Gasteiger partial charge in [0.2, 0.25) is 5.91 Å². The lowest BCUT2D eigenvalue weighted by Gasteiger charge is -2.11. The molecule has 0 spiro atoms. The number of benzene rings is 1. The first-order chi connectivity index (χ1) is 7.65. The van der Waals surface area contributed by atoms with Crippen LogP contribution in [0.3, 0.4) is 0 Å². The summed E-state index contributed by atoms with van der Waals surface area (Å²) >= 11 is 5.98. The molecule has 1 aromatic carbocycles. The van der Waals surface area contributed by atoms with E-state index < -0.39 is 0 Å². The van der Waals surface area contributed by atoms with Crippen LogP contribution in [0, 0.1) is 5.92 Å². The quantitative estimate of drug-likeness (QED) is 0.827. The van der Waals surface area contributed by atoms with Crippen LogP contribution >= 0.6 is 11.6 Å². The third-order valence-corrected chi connectivity index (χ3v) is 2.83. The number of nitrogens with one attached hydrogen (secondary N) is 1. The Morgan fingerprint density at radius 2 is 2.19 bits per heavy atom. The van der Waals surface area contributed by atoms with E-state index in [4.69, 9.17) is 17.3 Å². The largest absolute Gasteiger partial charge is 0.352 e. The molecular formula is C12H17ClN2O. The van der Waals surface area contributed by atoms with Crippen LogP contribution in [0.2, 0.25) is 5.02 Å². The highest BCUT2D eigenvalue weighted by Gasteiger charge is 2.11. The van der Waals surface area contributed by atoms with Gasteiger partial charge in [-0.15, -0.1) is 0 Å². The third kappa shape index (κ3) is 3.83. The number of halogens is 1. The van der Waals surface area contributed by atoms with Gasteiger partial charge in [-0.3, -0.25) is 4.79 Å². The summed E-state index contributed by atoms with van der Waals surface area (Å²) in [6, 6.07) is 7.48. The fourth-order valence-corrected chi connectivity index (χ4v) is 1.58. The van der Waals surface area contributed by atoms with Gasteiger partial charge in [-0.05, 0) is 24.6 Å². The fourth-order valence-electron chi connectivity index (χ4n) is 1.38. The molecule has 0 radical (unpaired) electrons. The topological polar surface area (TPSA) is 55.1 Å². The molecule has 1 aromatic rings. The van der Waals surface area contributed by atoms with Gasteiger partial charge in [0, 0.05) is 17.5 Å². The van der Waals surface area contributed by atoms with Crippen molar-refractivity contribution in [1.29, 1.82) is 0 Å². The van der Waals surface area contributed by atoms with Gasteiger partial charge in [0.1, 0.15) is 0 Å². The minimum Gasteiger partial charge on any atom is -0.352 e. The van der Waals surface area contributed by atoms with Crippen molar-refractivity contribution < 1.29 is 4.79 Å². The van der Waals surface area contributed by atoms with Crippen molar-refractivity contribution in [2.75, 3.05) is 6.54 Å². The summed E-state index contributed by atoms with van der Waals surface area (Å²) in [4.78, 5) is 11.6. The Balaban J connectivity index is 2.46. The molecular weight excluding hydrogens is 224 g/mol. The lowest BCUT2D eigenvalue weighted by Crippen LogP contribution is -2.30. The van der Waals surface area contributed by atoms with E-state index in [2.05, 4.69) is 5.32 Å². The van der Waals surface area contributed by atoms with E-state index in [9.17, 15) is 4.79 Å². The molecule has 0 fully saturated rings. The summed E-state index contributed by atoms with van der Waals surface area (Å²) in [6.07, 6.45) is 0.703. The average molecular weight is 241 g/mol. The summed E-state index contributed by atoms with van der Waals surface area (Å²) in [7, 11) is 0. The van der Waals surface area contributed by atoms with Gasteiger partial charge in [-0.1, -0.05) is 36.7 Å². The fraction of sp³-hybridized carbons (Fsp3) is 0.417. The summed E-state index contributed by atoms with van der Waals surface area (Å²) in [5, 5.41) is 3.52. The Bertz CT molecular complexity index is 355. The molecule has 4 heteroatoms. The van der Waals surface area contributed by atoms with Crippen LogP contribution in [-0.4, -0.2) is 12.5 Å². The van der Waals surface area contributed by atoms with Gasteiger partial charge in [-0.25, -0.2) is 0 Å². The molecule has 1 amide bonds. The van der Waals surface area contributed by atoms with E-state index in [1.807, 2.05) is 31.2 Å². The summed E-state index contributed by atoms with van der Waals surface area (Å²) < 4.78 is 0. The van der Waals surface area contributed by atoms with Crippen molar-refractivity contribution in [3.05, 3.63) is 34.9 Å². The minimum absolute atomic E-state index is 0.0189. The Morgan fingerprint density at radius 3 is 2.81 bits per heavy atom. The lowest BCUT2D eigenvalue weighted by atomic mass is 10.1. The van der Waals surface area contributed by atoms with Crippen molar-refractivity contribution in [3.63, 3.8) is 0 Å². The Kier molecular flexibility index (Phi) is 5.29. The number of rotatable bonds is 5. The number of hydrogen-bond donors (Lipinski definition) is 2. The van der Waals surface area contributed by atoms with Crippen LogP contribution < -0.4 is 11.1 Å². The number of nitrogens with two attached hydrogens (primary N) is 1. The number of carbonyl (C=O) groups is 1. The Hall–Kier alpha value is -1.06. The van der Waals surface area contributed by atoms with Gasteiger partial charge >= 0.3 is 0 Å². The molecule has 1 atom stereocenters. The number of carbonyl (C=O) groups excluding carboxylic acids is 1. The maximum absolute atomic E-state index is 11.6. The Labute approximate surface area is 101 Å². The summed E-state index contributed by atoms with van der Waals surface area (Å²) in [5.74, 6) is -0.0298. The molecule has 0 saturated heterocycles. The highest BCUT2D eigenvalue weighted by Crippen LogP contribution is 2.14. The van der Waals surface area contributed by atoms with E-state index in [1.54, 1.807) is 0 Å². The third-order valence-electron chi connectivity index (χ3n) is 2.46.